The van der Waals surface area contributed by atoms with E-state index in [1.54, 1.807) is 6.92 Å². The normalized spacial score (nSPS) is 13.2. The second-order valence-corrected chi connectivity index (χ2v) is 7.01. The first-order valence-electron chi connectivity index (χ1n) is 5.06. The van der Waals surface area contributed by atoms with Gasteiger partial charge in [-0.1, -0.05) is 18.2 Å². The molecule has 0 aliphatic rings. The van der Waals surface area contributed by atoms with Crippen molar-refractivity contribution in [3.8, 4) is 0 Å². The minimum absolute atomic E-state index is 0.310. The topological polar surface area (TPSA) is 54.0 Å². The van der Waals surface area contributed by atoms with Crippen molar-refractivity contribution in [2.75, 3.05) is 21.3 Å². The lowest BCUT2D eigenvalue weighted by Gasteiger charge is -2.25. The van der Waals surface area contributed by atoms with Crippen molar-refractivity contribution in [2.24, 2.45) is 0 Å². The summed E-state index contributed by atoms with van der Waals surface area (Å²) in [5, 5.41) is 0. The van der Waals surface area contributed by atoms with Crippen molar-refractivity contribution < 1.29 is 22.8 Å². The number of rotatable bonds is 8. The Morgan fingerprint density at radius 3 is 2.12 bits per heavy atom. The molecule has 0 aromatic rings. The number of ether oxygens (including phenoxy) is 1. The lowest BCUT2D eigenvalue weighted by molar-refractivity contribution is -0.140. The average molecular weight is 283 g/mol. The van der Waals surface area contributed by atoms with Crippen LogP contribution in [0, 0.1) is 0 Å². The summed E-state index contributed by atoms with van der Waals surface area (Å²) < 4.78 is 20.6. The Hall–Kier alpha value is -0.403. The Morgan fingerprint density at radius 1 is 1.29 bits per heavy atom. The van der Waals surface area contributed by atoms with E-state index in [-0.39, 0.29) is 0 Å². The van der Waals surface area contributed by atoms with Crippen molar-refractivity contribution in [1.82, 2.24) is 0 Å². The molecule has 0 bridgehead atoms. The molecule has 17 heavy (non-hydrogen) atoms. The number of esters is 1. The molecule has 7 heteroatoms. The van der Waals surface area contributed by atoms with Crippen molar-refractivity contribution in [3.63, 3.8) is 0 Å². The summed E-state index contributed by atoms with van der Waals surface area (Å²) in [5.74, 6) is -0.510. The molecular weight excluding hydrogens is 264 g/mol. The molecule has 5 nitrogen and oxygen atoms in total. The molecule has 0 radical (unpaired) electrons. The van der Waals surface area contributed by atoms with Crippen molar-refractivity contribution in [2.45, 2.75) is 25.0 Å². The van der Waals surface area contributed by atoms with Gasteiger partial charge >= 0.3 is 14.8 Å². The zero-order valence-electron chi connectivity index (χ0n) is 10.6. The highest BCUT2D eigenvalue weighted by Crippen LogP contribution is 2.19. The summed E-state index contributed by atoms with van der Waals surface area (Å²) in [7, 11) is 1.89. The molecular formula is C10H19ClO5Si. The predicted molar refractivity (Wildman–Crippen MR) is 66.8 cm³/mol. The Balaban J connectivity index is 4.18. The number of carbonyl (C=O) groups excluding carboxylic acids is 1. The third kappa shape index (κ3) is 5.65. The van der Waals surface area contributed by atoms with E-state index in [1.165, 1.54) is 21.3 Å². The minimum Gasteiger partial charge on any atom is -0.443 e. The fourth-order valence-corrected chi connectivity index (χ4v) is 3.22. The van der Waals surface area contributed by atoms with Crippen LogP contribution in [0.5, 0.6) is 0 Å². The van der Waals surface area contributed by atoms with E-state index < -0.39 is 20.3 Å². The second kappa shape index (κ2) is 7.83. The van der Waals surface area contributed by atoms with Crippen molar-refractivity contribution in [3.05, 3.63) is 12.2 Å². The van der Waals surface area contributed by atoms with Gasteiger partial charge in [-0.05, 0) is 6.92 Å². The molecule has 0 saturated heterocycles. The standard InChI is InChI=1S/C10H19ClO5Si/c1-8(2)10(12)16-9(11)6-7-17(13-3,14-4)15-5/h9H,1,6-7H2,2-5H3. The van der Waals surface area contributed by atoms with Gasteiger partial charge in [0, 0.05) is 39.4 Å². The highest BCUT2D eigenvalue weighted by Gasteiger charge is 2.38. The molecule has 0 heterocycles. The average Bonchev–Trinajstić information content (AvgIpc) is 2.31. The van der Waals surface area contributed by atoms with Gasteiger partial charge in [0.1, 0.15) is 0 Å². The fraction of sp³-hybridized carbons (Fsp3) is 0.700. The van der Waals surface area contributed by atoms with Gasteiger partial charge in [-0.25, -0.2) is 4.79 Å². The highest BCUT2D eigenvalue weighted by atomic mass is 35.5. The third-order valence-corrected chi connectivity index (χ3v) is 5.27. The van der Waals surface area contributed by atoms with Crippen LogP contribution >= 0.6 is 11.6 Å². The van der Waals surface area contributed by atoms with E-state index in [0.29, 0.717) is 18.0 Å². The molecule has 0 N–H and O–H groups in total. The molecule has 0 fully saturated rings. The summed E-state index contributed by atoms with van der Waals surface area (Å²) in [6.45, 7) is 5.03. The van der Waals surface area contributed by atoms with Crippen LogP contribution in [0.2, 0.25) is 6.04 Å². The van der Waals surface area contributed by atoms with Crippen molar-refractivity contribution >= 4 is 26.4 Å². The van der Waals surface area contributed by atoms with E-state index in [0.717, 1.165) is 0 Å². The zero-order valence-corrected chi connectivity index (χ0v) is 12.4. The molecule has 0 saturated carbocycles. The lowest BCUT2D eigenvalue weighted by Crippen LogP contribution is -2.43. The minimum atomic E-state index is -2.66. The monoisotopic (exact) mass is 282 g/mol. The van der Waals surface area contributed by atoms with Gasteiger partial charge in [0.05, 0.1) is 0 Å². The van der Waals surface area contributed by atoms with Crippen LogP contribution in [-0.4, -0.2) is 41.7 Å². The van der Waals surface area contributed by atoms with E-state index in [2.05, 4.69) is 6.58 Å². The van der Waals surface area contributed by atoms with Gasteiger partial charge in [-0.15, -0.1) is 0 Å². The number of hydrogen-bond acceptors (Lipinski definition) is 5. The third-order valence-electron chi connectivity index (χ3n) is 2.19. The van der Waals surface area contributed by atoms with Crippen LogP contribution in [-0.2, 0) is 22.8 Å². The molecule has 0 rings (SSSR count). The summed E-state index contributed by atoms with van der Waals surface area (Å²) in [4.78, 5) is 11.2. The zero-order chi connectivity index (χ0) is 13.5. The van der Waals surface area contributed by atoms with Crippen LogP contribution < -0.4 is 0 Å². The second-order valence-electron chi connectivity index (χ2n) is 3.43. The Labute approximate surface area is 108 Å². The van der Waals surface area contributed by atoms with Crippen LogP contribution in [0.3, 0.4) is 0 Å². The SMILES string of the molecule is C=C(C)C(=O)OC(Cl)CC[Si](OC)(OC)OC. The van der Waals surface area contributed by atoms with Gasteiger partial charge in [-0.2, -0.15) is 0 Å². The summed E-state index contributed by atoms with van der Waals surface area (Å²) in [5.41, 5.74) is -0.434. The quantitative estimate of drug-likeness (QED) is 0.295. The molecule has 1 atom stereocenters. The smallest absolute Gasteiger partial charge is 0.443 e. The predicted octanol–water partition coefficient (Wildman–Crippen LogP) is 1.94. The molecule has 0 amide bonds. The fourth-order valence-electron chi connectivity index (χ4n) is 1.12. The molecule has 0 aliphatic heterocycles. The summed E-state index contributed by atoms with van der Waals surface area (Å²) in [6, 6.07) is 0.466. The molecule has 1 unspecified atom stereocenters. The van der Waals surface area contributed by atoms with Crippen LogP contribution in [0.25, 0.3) is 0 Å². The maximum atomic E-state index is 11.2. The van der Waals surface area contributed by atoms with E-state index in [4.69, 9.17) is 29.6 Å². The van der Waals surface area contributed by atoms with E-state index in [1.807, 2.05) is 0 Å². The first kappa shape index (κ1) is 16.6. The molecule has 0 spiro atoms. The number of hydrogen-bond donors (Lipinski definition) is 0. The van der Waals surface area contributed by atoms with Crippen LogP contribution in [0.4, 0.5) is 0 Å². The lowest BCUT2D eigenvalue weighted by atomic mass is 10.4. The molecule has 100 valence electrons. The van der Waals surface area contributed by atoms with E-state index in [9.17, 15) is 4.79 Å². The maximum absolute atomic E-state index is 11.2. The number of carbonyl (C=O) groups is 1. The largest absolute Gasteiger partial charge is 0.500 e. The Bertz CT molecular complexity index is 259. The van der Waals surface area contributed by atoms with Crippen molar-refractivity contribution in [1.29, 1.82) is 0 Å². The maximum Gasteiger partial charge on any atom is 0.500 e. The van der Waals surface area contributed by atoms with Gasteiger partial charge < -0.3 is 18.0 Å². The van der Waals surface area contributed by atoms with Crippen LogP contribution in [0.1, 0.15) is 13.3 Å². The van der Waals surface area contributed by atoms with Gasteiger partial charge in [-0.3, -0.25) is 0 Å². The highest BCUT2D eigenvalue weighted by molar-refractivity contribution is 6.60. The molecule has 0 aliphatic carbocycles. The van der Waals surface area contributed by atoms with Gasteiger partial charge in [0.25, 0.3) is 0 Å². The summed E-state index contributed by atoms with van der Waals surface area (Å²) in [6.07, 6.45) is 0.391. The molecule has 0 aromatic carbocycles. The molecule has 0 aromatic heterocycles. The summed E-state index contributed by atoms with van der Waals surface area (Å²) >= 11 is 5.87. The van der Waals surface area contributed by atoms with Gasteiger partial charge in [0.2, 0.25) is 0 Å². The Kier molecular flexibility index (Phi) is 7.65. The first-order chi connectivity index (χ1) is 7.90. The number of halogens is 1. The first-order valence-corrected chi connectivity index (χ1v) is 7.43. The van der Waals surface area contributed by atoms with E-state index >= 15 is 0 Å². The van der Waals surface area contributed by atoms with Crippen LogP contribution in [0.15, 0.2) is 12.2 Å². The van der Waals surface area contributed by atoms with Gasteiger partial charge in [0.15, 0.2) is 5.56 Å². The Morgan fingerprint density at radius 2 is 1.76 bits per heavy atom. The number of alkyl halides is 1.